The lowest BCUT2D eigenvalue weighted by Crippen LogP contribution is -2.50. The van der Waals surface area contributed by atoms with E-state index in [0.29, 0.717) is 11.8 Å². The summed E-state index contributed by atoms with van der Waals surface area (Å²) in [5.74, 6) is 0.436. The van der Waals surface area contributed by atoms with E-state index in [0.717, 1.165) is 58.7 Å². The molecular formula is C12H23N3O. The Balaban J connectivity index is 1.73. The average molecular weight is 225 g/mol. The minimum atomic E-state index is 0.436. The Bertz CT molecular complexity index is 228. The fourth-order valence-corrected chi connectivity index (χ4v) is 2.60. The summed E-state index contributed by atoms with van der Waals surface area (Å²) in [5, 5.41) is 3.37. The second-order valence-electron chi connectivity index (χ2n) is 4.97. The molecule has 0 aromatic carbocycles. The molecule has 0 aromatic heterocycles. The molecule has 2 fully saturated rings. The van der Waals surface area contributed by atoms with Crippen molar-refractivity contribution >= 4 is 5.78 Å². The molecule has 0 spiro atoms. The number of ketones is 1. The first kappa shape index (κ1) is 12.0. The summed E-state index contributed by atoms with van der Waals surface area (Å²) in [5.41, 5.74) is 0. The fraction of sp³-hybridized carbons (Fsp3) is 0.917. The topological polar surface area (TPSA) is 35.6 Å². The number of Topliss-reactive ketones (excluding diaryl/α,β-unsaturated/α-hetero) is 1. The van der Waals surface area contributed by atoms with Crippen LogP contribution in [0.3, 0.4) is 0 Å². The van der Waals surface area contributed by atoms with E-state index in [1.807, 2.05) is 0 Å². The third kappa shape index (κ3) is 3.27. The first-order valence-electron chi connectivity index (χ1n) is 6.44. The van der Waals surface area contributed by atoms with E-state index < -0.39 is 0 Å². The molecule has 0 aliphatic carbocycles. The first-order chi connectivity index (χ1) is 7.75. The Kier molecular flexibility index (Phi) is 4.32. The van der Waals surface area contributed by atoms with Crippen LogP contribution in [0.15, 0.2) is 0 Å². The molecule has 2 rings (SSSR count). The van der Waals surface area contributed by atoms with Crippen LogP contribution in [0.1, 0.15) is 19.8 Å². The number of nitrogens with zero attached hydrogens (tertiary/aromatic N) is 2. The highest BCUT2D eigenvalue weighted by molar-refractivity contribution is 5.79. The average Bonchev–Trinajstić information content (AvgIpc) is 2.31. The monoisotopic (exact) mass is 225 g/mol. The van der Waals surface area contributed by atoms with Crippen molar-refractivity contribution in [1.29, 1.82) is 0 Å². The minimum absolute atomic E-state index is 0.436. The highest BCUT2D eigenvalue weighted by Crippen LogP contribution is 2.11. The first-order valence-corrected chi connectivity index (χ1v) is 6.44. The van der Waals surface area contributed by atoms with E-state index >= 15 is 0 Å². The standard InChI is InChI=1S/C12H23N3O/c1-11(10-14-8-4-13-5-9-14)15-6-2-12(16)3-7-15/h11,13H,2-10H2,1H3. The van der Waals surface area contributed by atoms with Crippen LogP contribution in [0.4, 0.5) is 0 Å². The van der Waals surface area contributed by atoms with Crippen LogP contribution in [0.25, 0.3) is 0 Å². The van der Waals surface area contributed by atoms with Crippen molar-refractivity contribution in [2.75, 3.05) is 45.8 Å². The number of nitrogens with one attached hydrogen (secondary N) is 1. The van der Waals surface area contributed by atoms with Gasteiger partial charge >= 0.3 is 0 Å². The zero-order chi connectivity index (χ0) is 11.4. The molecule has 0 aromatic rings. The van der Waals surface area contributed by atoms with Crippen LogP contribution in [-0.2, 0) is 4.79 Å². The Morgan fingerprint density at radius 1 is 1.19 bits per heavy atom. The molecule has 1 N–H and O–H groups in total. The van der Waals surface area contributed by atoms with Gasteiger partial charge in [-0.05, 0) is 6.92 Å². The lowest BCUT2D eigenvalue weighted by Gasteiger charge is -2.36. The highest BCUT2D eigenvalue weighted by Gasteiger charge is 2.22. The summed E-state index contributed by atoms with van der Waals surface area (Å²) < 4.78 is 0. The van der Waals surface area contributed by atoms with Crippen molar-refractivity contribution in [3.63, 3.8) is 0 Å². The van der Waals surface area contributed by atoms with Gasteiger partial charge in [-0.1, -0.05) is 0 Å². The van der Waals surface area contributed by atoms with Crippen LogP contribution >= 0.6 is 0 Å². The lowest BCUT2D eigenvalue weighted by molar-refractivity contribution is -0.121. The molecule has 16 heavy (non-hydrogen) atoms. The number of hydrogen-bond acceptors (Lipinski definition) is 4. The summed E-state index contributed by atoms with van der Waals surface area (Å²) in [6, 6.07) is 0.589. The van der Waals surface area contributed by atoms with Gasteiger partial charge in [-0.15, -0.1) is 0 Å². The minimum Gasteiger partial charge on any atom is -0.314 e. The van der Waals surface area contributed by atoms with Gasteiger partial charge in [-0.2, -0.15) is 0 Å². The van der Waals surface area contributed by atoms with E-state index in [1.165, 1.54) is 0 Å². The van der Waals surface area contributed by atoms with Gasteiger partial charge in [0, 0.05) is 64.7 Å². The molecule has 0 saturated carbocycles. The van der Waals surface area contributed by atoms with Crippen molar-refractivity contribution in [2.45, 2.75) is 25.8 Å². The molecule has 0 bridgehead atoms. The number of rotatable bonds is 3. The Morgan fingerprint density at radius 3 is 2.44 bits per heavy atom. The van der Waals surface area contributed by atoms with Gasteiger partial charge in [0.25, 0.3) is 0 Å². The number of piperazine rings is 1. The maximum Gasteiger partial charge on any atom is 0.135 e. The van der Waals surface area contributed by atoms with Crippen molar-refractivity contribution in [2.24, 2.45) is 0 Å². The molecule has 1 atom stereocenters. The van der Waals surface area contributed by atoms with Gasteiger partial charge in [-0.3, -0.25) is 14.6 Å². The Labute approximate surface area is 98.0 Å². The summed E-state index contributed by atoms with van der Waals surface area (Å²) in [7, 11) is 0. The second-order valence-corrected chi connectivity index (χ2v) is 4.97. The van der Waals surface area contributed by atoms with Gasteiger partial charge in [0.1, 0.15) is 5.78 Å². The van der Waals surface area contributed by atoms with Gasteiger partial charge in [-0.25, -0.2) is 0 Å². The van der Waals surface area contributed by atoms with Gasteiger partial charge in [0.15, 0.2) is 0 Å². The molecular weight excluding hydrogens is 202 g/mol. The molecule has 2 saturated heterocycles. The third-order valence-electron chi connectivity index (χ3n) is 3.71. The van der Waals surface area contributed by atoms with Crippen molar-refractivity contribution in [3.05, 3.63) is 0 Å². The molecule has 4 nitrogen and oxygen atoms in total. The van der Waals surface area contributed by atoms with Crippen molar-refractivity contribution in [1.82, 2.24) is 15.1 Å². The van der Waals surface area contributed by atoms with E-state index in [4.69, 9.17) is 0 Å². The molecule has 0 radical (unpaired) electrons. The van der Waals surface area contributed by atoms with Gasteiger partial charge in [0.2, 0.25) is 0 Å². The zero-order valence-electron chi connectivity index (χ0n) is 10.2. The summed E-state index contributed by atoms with van der Waals surface area (Å²) in [4.78, 5) is 16.2. The maximum absolute atomic E-state index is 11.2. The molecule has 2 aliphatic rings. The second kappa shape index (κ2) is 5.75. The number of carbonyl (C=O) groups excluding carboxylic acids is 1. The number of hydrogen-bond donors (Lipinski definition) is 1. The van der Waals surface area contributed by atoms with Crippen molar-refractivity contribution in [3.8, 4) is 0 Å². The molecule has 4 heteroatoms. The molecule has 0 amide bonds. The van der Waals surface area contributed by atoms with E-state index in [1.54, 1.807) is 0 Å². The molecule has 1 unspecified atom stereocenters. The number of carbonyl (C=O) groups is 1. The third-order valence-corrected chi connectivity index (χ3v) is 3.71. The molecule has 92 valence electrons. The summed E-state index contributed by atoms with van der Waals surface area (Å²) in [6.45, 7) is 9.93. The van der Waals surface area contributed by atoms with E-state index in [2.05, 4.69) is 22.0 Å². The number of piperidine rings is 1. The molecule has 2 aliphatic heterocycles. The van der Waals surface area contributed by atoms with Crippen LogP contribution in [0.5, 0.6) is 0 Å². The SMILES string of the molecule is CC(CN1CCNCC1)N1CCC(=O)CC1. The highest BCUT2D eigenvalue weighted by atomic mass is 16.1. The summed E-state index contributed by atoms with van der Waals surface area (Å²) in [6.07, 6.45) is 1.51. The smallest absolute Gasteiger partial charge is 0.135 e. The number of likely N-dealkylation sites (tertiary alicyclic amines) is 1. The van der Waals surface area contributed by atoms with Crippen LogP contribution in [0, 0.1) is 0 Å². The van der Waals surface area contributed by atoms with Gasteiger partial charge < -0.3 is 5.32 Å². The fourth-order valence-electron chi connectivity index (χ4n) is 2.60. The predicted molar refractivity (Wildman–Crippen MR) is 64.6 cm³/mol. The molecule has 2 heterocycles. The van der Waals surface area contributed by atoms with E-state index in [9.17, 15) is 4.79 Å². The van der Waals surface area contributed by atoms with Gasteiger partial charge in [0.05, 0.1) is 0 Å². The Hall–Kier alpha value is -0.450. The normalized spacial score (nSPS) is 26.9. The van der Waals surface area contributed by atoms with Crippen LogP contribution in [0.2, 0.25) is 0 Å². The Morgan fingerprint density at radius 2 is 1.81 bits per heavy atom. The van der Waals surface area contributed by atoms with Crippen molar-refractivity contribution < 1.29 is 4.79 Å². The quantitative estimate of drug-likeness (QED) is 0.730. The largest absolute Gasteiger partial charge is 0.314 e. The zero-order valence-corrected chi connectivity index (χ0v) is 10.2. The van der Waals surface area contributed by atoms with Crippen LogP contribution < -0.4 is 5.32 Å². The summed E-state index contributed by atoms with van der Waals surface area (Å²) >= 11 is 0. The maximum atomic E-state index is 11.2. The van der Waals surface area contributed by atoms with E-state index in [-0.39, 0.29) is 0 Å². The van der Waals surface area contributed by atoms with Crippen LogP contribution in [-0.4, -0.2) is 67.4 Å². The lowest BCUT2D eigenvalue weighted by atomic mass is 10.1. The predicted octanol–water partition coefficient (Wildman–Crippen LogP) is -0.0550.